The van der Waals surface area contributed by atoms with Crippen molar-refractivity contribution in [3.63, 3.8) is 0 Å². The second-order valence-electron chi connectivity index (χ2n) is 8.39. The molecular formula is C22H30N6O2S2. The minimum atomic E-state index is -3.30. The van der Waals surface area contributed by atoms with Crippen molar-refractivity contribution in [2.24, 2.45) is 0 Å². The predicted octanol–water partition coefficient (Wildman–Crippen LogP) is 3.09. The van der Waals surface area contributed by atoms with Gasteiger partial charge < -0.3 is 15.1 Å². The lowest BCUT2D eigenvalue weighted by Gasteiger charge is -2.32. The summed E-state index contributed by atoms with van der Waals surface area (Å²) < 4.78 is 26.6. The Bertz CT molecular complexity index is 1190. The van der Waals surface area contributed by atoms with Crippen molar-refractivity contribution in [3.05, 3.63) is 36.0 Å². The summed E-state index contributed by atoms with van der Waals surface area (Å²) in [4.78, 5) is 15.1. The summed E-state index contributed by atoms with van der Waals surface area (Å²) in [6.07, 6.45) is 4.06. The summed E-state index contributed by atoms with van der Waals surface area (Å²) >= 11 is 1.60. The van der Waals surface area contributed by atoms with Crippen LogP contribution in [0.2, 0.25) is 0 Å². The van der Waals surface area contributed by atoms with Crippen LogP contribution in [0, 0.1) is 6.92 Å². The zero-order valence-corrected chi connectivity index (χ0v) is 20.4. The van der Waals surface area contributed by atoms with Crippen molar-refractivity contribution >= 4 is 43.1 Å². The number of anilines is 2. The summed E-state index contributed by atoms with van der Waals surface area (Å²) in [6.45, 7) is 8.47. The van der Waals surface area contributed by atoms with Gasteiger partial charge in [0.2, 0.25) is 16.0 Å². The van der Waals surface area contributed by atoms with E-state index in [4.69, 9.17) is 4.98 Å². The normalized spacial score (nSPS) is 15.8. The molecule has 4 rings (SSSR count). The van der Waals surface area contributed by atoms with E-state index in [1.807, 2.05) is 25.3 Å². The van der Waals surface area contributed by atoms with Crippen molar-refractivity contribution in [1.29, 1.82) is 0 Å². The van der Waals surface area contributed by atoms with Crippen LogP contribution in [0.3, 0.4) is 0 Å². The van der Waals surface area contributed by atoms with Crippen LogP contribution in [0.4, 0.5) is 11.6 Å². The first-order chi connectivity index (χ1) is 15.3. The van der Waals surface area contributed by atoms with Crippen LogP contribution in [0.15, 0.2) is 30.5 Å². The highest BCUT2D eigenvalue weighted by Gasteiger charge is 2.14. The highest BCUT2D eigenvalue weighted by Crippen LogP contribution is 2.35. The number of rotatable bonds is 8. The summed E-state index contributed by atoms with van der Waals surface area (Å²) in [7, 11) is -1.13. The Morgan fingerprint density at radius 3 is 2.69 bits per heavy atom. The van der Waals surface area contributed by atoms with E-state index < -0.39 is 10.0 Å². The Balaban J connectivity index is 1.42. The van der Waals surface area contributed by atoms with Crippen LogP contribution in [0.5, 0.6) is 0 Å². The highest BCUT2D eigenvalue weighted by atomic mass is 32.2. The maximum Gasteiger partial charge on any atom is 0.229 e. The monoisotopic (exact) mass is 474 g/mol. The van der Waals surface area contributed by atoms with Gasteiger partial charge in [0.05, 0.1) is 16.8 Å². The molecule has 1 aliphatic rings. The maximum atomic E-state index is 11.5. The average molecular weight is 475 g/mol. The largest absolute Gasteiger partial charge is 0.354 e. The van der Waals surface area contributed by atoms with Gasteiger partial charge in [-0.2, -0.15) is 0 Å². The van der Waals surface area contributed by atoms with Gasteiger partial charge in [0.15, 0.2) is 0 Å². The number of benzene rings is 1. The van der Waals surface area contributed by atoms with Gasteiger partial charge in [-0.05, 0) is 56.1 Å². The van der Waals surface area contributed by atoms with Crippen LogP contribution in [-0.4, -0.2) is 80.8 Å². The quantitative estimate of drug-likeness (QED) is 0.485. The molecule has 0 unspecified atom stereocenters. The molecule has 0 saturated carbocycles. The van der Waals surface area contributed by atoms with E-state index >= 15 is 0 Å². The van der Waals surface area contributed by atoms with Gasteiger partial charge in [-0.1, -0.05) is 6.07 Å². The van der Waals surface area contributed by atoms with Gasteiger partial charge in [-0.15, -0.1) is 11.3 Å². The Morgan fingerprint density at radius 2 is 1.94 bits per heavy atom. The Kier molecular flexibility index (Phi) is 6.94. The number of nitrogens with one attached hydrogen (secondary N) is 2. The maximum absolute atomic E-state index is 11.5. The number of sulfonamides is 1. The van der Waals surface area contributed by atoms with Gasteiger partial charge in [-0.3, -0.25) is 4.72 Å². The van der Waals surface area contributed by atoms with Gasteiger partial charge in [0.25, 0.3) is 0 Å². The Hall–Kier alpha value is -2.27. The number of fused-ring (bicyclic) bond motifs is 1. The lowest BCUT2D eigenvalue weighted by atomic mass is 10.2. The third-order valence-electron chi connectivity index (χ3n) is 5.56. The topological polar surface area (TPSA) is 90.5 Å². The highest BCUT2D eigenvalue weighted by molar-refractivity contribution is 7.92. The first-order valence-electron chi connectivity index (χ1n) is 10.8. The number of aromatic nitrogens is 2. The van der Waals surface area contributed by atoms with E-state index in [0.717, 1.165) is 78.2 Å². The minimum absolute atomic E-state index is 0.565. The summed E-state index contributed by atoms with van der Waals surface area (Å²) in [5.41, 5.74) is 2.48. The third-order valence-corrected chi connectivity index (χ3v) is 7.27. The van der Waals surface area contributed by atoms with E-state index in [0.29, 0.717) is 11.6 Å². The zero-order valence-electron chi connectivity index (χ0n) is 18.8. The zero-order chi connectivity index (χ0) is 22.7. The minimum Gasteiger partial charge on any atom is -0.354 e. The van der Waals surface area contributed by atoms with Crippen LogP contribution in [-0.2, 0) is 10.0 Å². The molecule has 32 heavy (non-hydrogen) atoms. The molecule has 8 nitrogen and oxygen atoms in total. The Morgan fingerprint density at radius 1 is 1.16 bits per heavy atom. The number of likely N-dealkylation sites (N-methyl/N-ethyl adjacent to an activating group) is 1. The van der Waals surface area contributed by atoms with Crippen molar-refractivity contribution < 1.29 is 8.42 Å². The molecular weight excluding hydrogens is 444 g/mol. The molecule has 1 saturated heterocycles. The van der Waals surface area contributed by atoms with Crippen LogP contribution >= 0.6 is 11.3 Å². The standard InChI is InChI=1S/C22H30N6O2S2/c1-16-15-24-22(23-7-4-8-28-11-9-27(2)10-12-28)25-21(16)20-13-17-5-6-18(14-19(17)31-20)26-32(3,29)30/h5-6,13-15,26H,4,7-12H2,1-3H3,(H,23,24,25). The summed E-state index contributed by atoms with van der Waals surface area (Å²) in [5.74, 6) is 0.640. The molecule has 2 N–H and O–H groups in total. The average Bonchev–Trinajstić information content (AvgIpc) is 3.15. The van der Waals surface area contributed by atoms with Gasteiger partial charge in [0, 0.05) is 49.3 Å². The lowest BCUT2D eigenvalue weighted by molar-refractivity contribution is 0.154. The molecule has 1 fully saturated rings. The van der Waals surface area contributed by atoms with Crippen molar-refractivity contribution in [2.45, 2.75) is 13.3 Å². The van der Waals surface area contributed by atoms with Crippen molar-refractivity contribution in [2.75, 3.05) is 62.6 Å². The fourth-order valence-corrected chi connectivity index (χ4v) is 5.49. The lowest BCUT2D eigenvalue weighted by Crippen LogP contribution is -2.44. The fourth-order valence-electron chi connectivity index (χ4n) is 3.78. The molecule has 1 aromatic carbocycles. The smallest absolute Gasteiger partial charge is 0.229 e. The number of hydrogen-bond acceptors (Lipinski definition) is 8. The number of thiophene rings is 1. The second-order valence-corrected chi connectivity index (χ2v) is 11.2. The van der Waals surface area contributed by atoms with Crippen molar-refractivity contribution in [3.8, 4) is 10.6 Å². The summed E-state index contributed by atoms with van der Waals surface area (Å²) in [6, 6.07) is 7.66. The van der Waals surface area contributed by atoms with Crippen molar-refractivity contribution in [1.82, 2.24) is 19.8 Å². The Labute approximate surface area is 193 Å². The van der Waals surface area contributed by atoms with E-state index in [-0.39, 0.29) is 0 Å². The molecule has 0 spiro atoms. The molecule has 0 aliphatic carbocycles. The number of aryl methyl sites for hydroxylation is 1. The van der Waals surface area contributed by atoms with Crippen LogP contribution < -0.4 is 10.0 Å². The van der Waals surface area contributed by atoms with Gasteiger partial charge >= 0.3 is 0 Å². The van der Waals surface area contributed by atoms with Crippen LogP contribution in [0.1, 0.15) is 12.0 Å². The number of piperazine rings is 1. The molecule has 0 radical (unpaired) electrons. The van der Waals surface area contributed by atoms with E-state index in [2.05, 4.69) is 37.9 Å². The molecule has 1 aliphatic heterocycles. The van der Waals surface area contributed by atoms with E-state index in [9.17, 15) is 8.42 Å². The van der Waals surface area contributed by atoms with Crippen LogP contribution in [0.25, 0.3) is 20.7 Å². The van der Waals surface area contributed by atoms with Gasteiger partial charge in [-0.25, -0.2) is 18.4 Å². The van der Waals surface area contributed by atoms with Gasteiger partial charge in [0.1, 0.15) is 0 Å². The van der Waals surface area contributed by atoms with E-state index in [1.54, 1.807) is 17.4 Å². The van der Waals surface area contributed by atoms with E-state index in [1.165, 1.54) is 0 Å². The molecule has 172 valence electrons. The SMILES string of the molecule is Cc1cnc(NCCCN2CCN(C)CC2)nc1-c1cc2ccc(NS(C)(=O)=O)cc2s1. The second kappa shape index (κ2) is 9.70. The summed E-state index contributed by atoms with van der Waals surface area (Å²) in [5, 5.41) is 4.43. The molecule has 0 atom stereocenters. The first kappa shape index (κ1) is 22.9. The molecule has 3 aromatic rings. The molecule has 3 heterocycles. The number of nitrogens with zero attached hydrogens (tertiary/aromatic N) is 4. The predicted molar refractivity (Wildman–Crippen MR) is 133 cm³/mol. The third kappa shape index (κ3) is 5.94. The molecule has 10 heteroatoms. The number of hydrogen-bond donors (Lipinski definition) is 2. The molecule has 0 bridgehead atoms. The molecule has 0 amide bonds. The fraction of sp³-hybridized carbons (Fsp3) is 0.455. The molecule has 2 aromatic heterocycles. The first-order valence-corrected chi connectivity index (χ1v) is 13.5.